The standard InChI is InChI=1S/C14H33IN6O2/c1-5-19-13(22)23-10-8-6-7-9-21-11-20-14(2,12(21)17-3)15(16)18-4/h12,17-18,20H,5-11,16H2,1-4H3,(H,19,22). The maximum atomic E-state index is 11.2. The van der Waals surface area contributed by atoms with Gasteiger partial charge in [0.15, 0.2) is 0 Å². The second kappa shape index (κ2) is 10.6. The van der Waals surface area contributed by atoms with Gasteiger partial charge in [0.05, 0.1) is 0 Å². The molecule has 9 heteroatoms. The Labute approximate surface area is 147 Å². The first kappa shape index (κ1) is 20.8. The number of alkyl carbamates (subject to hydrolysis) is 1. The van der Waals surface area contributed by atoms with Gasteiger partial charge in [0, 0.05) is 0 Å². The van der Waals surface area contributed by atoms with Crippen molar-refractivity contribution in [1.29, 1.82) is 0 Å². The van der Waals surface area contributed by atoms with E-state index in [4.69, 9.17) is 8.68 Å². The first-order valence-electron chi connectivity index (χ1n) is 8.18. The number of unbranched alkanes of at least 4 members (excludes halogenated alkanes) is 2. The van der Waals surface area contributed by atoms with Gasteiger partial charge in [0.25, 0.3) is 0 Å². The zero-order valence-corrected chi connectivity index (χ0v) is 16.9. The molecule has 23 heavy (non-hydrogen) atoms. The van der Waals surface area contributed by atoms with Gasteiger partial charge in [-0.2, -0.15) is 0 Å². The summed E-state index contributed by atoms with van der Waals surface area (Å²) in [5, 5.41) is 9.61. The summed E-state index contributed by atoms with van der Waals surface area (Å²) in [5.74, 6) is 0. The number of amides is 1. The van der Waals surface area contributed by atoms with Crippen molar-refractivity contribution in [2.24, 2.45) is 3.95 Å². The monoisotopic (exact) mass is 444 g/mol. The van der Waals surface area contributed by atoms with Crippen molar-refractivity contribution in [3.63, 3.8) is 0 Å². The van der Waals surface area contributed by atoms with Crippen molar-refractivity contribution in [2.75, 3.05) is 40.5 Å². The Morgan fingerprint density at radius 2 is 2.17 bits per heavy atom. The van der Waals surface area contributed by atoms with E-state index < -0.39 is 20.4 Å². The van der Waals surface area contributed by atoms with E-state index >= 15 is 0 Å². The predicted molar refractivity (Wildman–Crippen MR) is 102 cm³/mol. The Balaban J connectivity index is 2.26. The molecule has 1 aliphatic rings. The molecule has 8 nitrogen and oxygen atoms in total. The van der Waals surface area contributed by atoms with Crippen LogP contribution in [0.1, 0.15) is 33.1 Å². The van der Waals surface area contributed by atoms with Crippen molar-refractivity contribution >= 4 is 26.5 Å². The normalized spacial score (nSPS) is 25.4. The van der Waals surface area contributed by atoms with Crippen LogP contribution >= 0.6 is 20.4 Å². The van der Waals surface area contributed by atoms with E-state index in [1.54, 1.807) is 0 Å². The second-order valence-corrected chi connectivity index (χ2v) is 10.7. The number of carbonyl (C=O) groups is 1. The Morgan fingerprint density at radius 3 is 2.78 bits per heavy atom. The SMILES string of the molecule is CCNC(=O)OCCCCCN1CNC(C)(I(N)NC)C1NC. The number of ether oxygens (including phenoxy) is 1. The van der Waals surface area contributed by atoms with Gasteiger partial charge in [-0.05, 0) is 6.92 Å². The molecule has 0 aromatic rings. The van der Waals surface area contributed by atoms with E-state index in [0.29, 0.717) is 13.2 Å². The summed E-state index contributed by atoms with van der Waals surface area (Å²) in [6.07, 6.45) is 2.93. The van der Waals surface area contributed by atoms with Crippen LogP contribution in [0.25, 0.3) is 0 Å². The molecule has 1 saturated heterocycles. The van der Waals surface area contributed by atoms with Gasteiger partial charge in [0.2, 0.25) is 0 Å². The average molecular weight is 444 g/mol. The Bertz CT molecular complexity index is 362. The molecule has 0 aliphatic carbocycles. The minimum atomic E-state index is -1.75. The molecule has 0 aromatic heterocycles. The van der Waals surface area contributed by atoms with Crippen molar-refractivity contribution in [3.05, 3.63) is 0 Å². The second-order valence-electron chi connectivity index (χ2n) is 5.64. The van der Waals surface area contributed by atoms with Crippen molar-refractivity contribution < 1.29 is 9.53 Å². The zero-order chi connectivity index (χ0) is 17.3. The third-order valence-corrected chi connectivity index (χ3v) is 8.60. The van der Waals surface area contributed by atoms with Gasteiger partial charge in [-0.15, -0.1) is 0 Å². The topological polar surface area (TPSA) is 104 Å². The fourth-order valence-corrected chi connectivity index (χ4v) is 5.83. The molecule has 0 saturated carbocycles. The Morgan fingerprint density at radius 1 is 1.43 bits per heavy atom. The molecule has 0 bridgehead atoms. The third kappa shape index (κ3) is 5.98. The zero-order valence-electron chi connectivity index (χ0n) is 14.7. The molecule has 0 spiro atoms. The van der Waals surface area contributed by atoms with Gasteiger partial charge in [-0.1, -0.05) is 0 Å². The molecule has 2 unspecified atom stereocenters. The molecule has 1 heterocycles. The van der Waals surface area contributed by atoms with Crippen molar-refractivity contribution in [2.45, 2.75) is 42.8 Å². The van der Waals surface area contributed by atoms with Crippen LogP contribution < -0.4 is 23.4 Å². The Hall–Kier alpha value is -0.200. The van der Waals surface area contributed by atoms with Gasteiger partial charge < -0.3 is 0 Å². The molecular weight excluding hydrogens is 411 g/mol. The molecule has 2 atom stereocenters. The van der Waals surface area contributed by atoms with E-state index in [2.05, 4.69) is 31.3 Å². The van der Waals surface area contributed by atoms with E-state index in [-0.39, 0.29) is 15.8 Å². The van der Waals surface area contributed by atoms with Crippen molar-refractivity contribution in [1.82, 2.24) is 24.4 Å². The summed E-state index contributed by atoms with van der Waals surface area (Å²) in [5.41, 5.74) is 0. The van der Waals surface area contributed by atoms with E-state index in [0.717, 1.165) is 32.5 Å². The van der Waals surface area contributed by atoms with Crippen LogP contribution in [0.4, 0.5) is 4.79 Å². The van der Waals surface area contributed by atoms with Crippen LogP contribution in [0.5, 0.6) is 0 Å². The van der Waals surface area contributed by atoms with Crippen LogP contribution in [-0.2, 0) is 4.74 Å². The summed E-state index contributed by atoms with van der Waals surface area (Å²) >= 11 is -1.75. The molecule has 6 N–H and O–H groups in total. The molecule has 0 radical (unpaired) electrons. The number of nitrogens with two attached hydrogens (primary N) is 1. The first-order valence-corrected chi connectivity index (χ1v) is 11.6. The quantitative estimate of drug-likeness (QED) is 0.110. The molecule has 1 aliphatic heterocycles. The van der Waals surface area contributed by atoms with E-state index in [9.17, 15) is 4.79 Å². The van der Waals surface area contributed by atoms with Crippen LogP contribution in [0, 0.1) is 0 Å². The van der Waals surface area contributed by atoms with Gasteiger partial charge in [-0.3, -0.25) is 0 Å². The first-order chi connectivity index (χ1) is 11.0. The van der Waals surface area contributed by atoms with Crippen LogP contribution in [0.2, 0.25) is 0 Å². The van der Waals surface area contributed by atoms with Gasteiger partial charge in [0.1, 0.15) is 0 Å². The summed E-state index contributed by atoms with van der Waals surface area (Å²) < 4.78 is 14.6. The number of carbonyl (C=O) groups excluding carboxylic acids is 1. The fraction of sp³-hybridized carbons (Fsp3) is 0.929. The molecule has 138 valence electrons. The molecule has 0 aromatic carbocycles. The summed E-state index contributed by atoms with van der Waals surface area (Å²) in [6, 6.07) is 0. The van der Waals surface area contributed by atoms with E-state index in [1.165, 1.54) is 0 Å². The Kier molecular flexibility index (Phi) is 9.63. The number of likely N-dealkylation sites (N-methyl/N-ethyl adjacent to an activating group) is 1. The van der Waals surface area contributed by atoms with Crippen molar-refractivity contribution in [3.8, 4) is 0 Å². The minimum absolute atomic E-state index is 0.0607. The average Bonchev–Trinajstić information content (AvgIpc) is 2.87. The van der Waals surface area contributed by atoms with Gasteiger partial charge >= 0.3 is 141 Å². The number of halogens is 1. The molecule has 1 rings (SSSR count). The predicted octanol–water partition coefficient (Wildman–Crippen LogP) is 0.542. The number of nitrogens with zero attached hydrogens (tertiary/aromatic N) is 1. The van der Waals surface area contributed by atoms with Gasteiger partial charge in [-0.25, -0.2) is 0 Å². The number of rotatable bonds is 10. The molecule has 1 fully saturated rings. The maximum absolute atomic E-state index is 11.2. The summed E-state index contributed by atoms with van der Waals surface area (Å²) in [6.45, 7) is 7.02. The fourth-order valence-electron chi connectivity index (χ4n) is 2.78. The number of hydrogen-bond donors (Lipinski definition) is 5. The molecular formula is C14H33IN6O2. The number of hydrogen-bond acceptors (Lipinski definition) is 7. The number of nitrogens with one attached hydrogen (secondary N) is 4. The van der Waals surface area contributed by atoms with Crippen LogP contribution in [-0.4, -0.2) is 61.2 Å². The molecule has 1 amide bonds. The van der Waals surface area contributed by atoms with Crippen LogP contribution in [0.3, 0.4) is 0 Å². The third-order valence-electron chi connectivity index (χ3n) is 4.05. The summed E-state index contributed by atoms with van der Waals surface area (Å²) in [4.78, 5) is 13.6. The summed E-state index contributed by atoms with van der Waals surface area (Å²) in [7, 11) is 3.94. The number of alkyl halides is 1. The van der Waals surface area contributed by atoms with Crippen LogP contribution in [0.15, 0.2) is 0 Å². The van der Waals surface area contributed by atoms with E-state index in [1.807, 2.05) is 21.0 Å².